The summed E-state index contributed by atoms with van der Waals surface area (Å²) < 4.78 is 28.6. The van der Waals surface area contributed by atoms with Gasteiger partial charge in [-0.1, -0.05) is 6.07 Å². The van der Waals surface area contributed by atoms with Gasteiger partial charge >= 0.3 is 0 Å². The van der Waals surface area contributed by atoms with Crippen LogP contribution >= 0.6 is 0 Å². The van der Waals surface area contributed by atoms with E-state index >= 15 is 0 Å². The maximum Gasteiger partial charge on any atom is 0.174 e. The first-order valence-corrected chi connectivity index (χ1v) is 6.00. The molecule has 2 aromatic rings. The second kappa shape index (κ2) is 5.30. The van der Waals surface area contributed by atoms with Gasteiger partial charge < -0.3 is 0 Å². The molecule has 0 fully saturated rings. The van der Waals surface area contributed by atoms with Crippen LogP contribution in [0.25, 0.3) is 0 Å². The fourth-order valence-electron chi connectivity index (χ4n) is 1.78. The molecule has 0 radical (unpaired) electrons. The van der Waals surface area contributed by atoms with E-state index in [-0.39, 0.29) is 12.5 Å². The summed E-state index contributed by atoms with van der Waals surface area (Å²) in [5, 5.41) is 4.19. The molecule has 0 bridgehead atoms. The van der Waals surface area contributed by atoms with Crippen LogP contribution in [-0.2, 0) is 6.42 Å². The largest absolute Gasteiger partial charge is 0.294 e. The number of halogens is 2. The van der Waals surface area contributed by atoms with Crippen LogP contribution in [0.15, 0.2) is 30.5 Å². The Morgan fingerprint density at radius 1 is 1.26 bits per heavy atom. The number of carbonyl (C=O) groups is 1. The molecule has 1 heterocycles. The first kappa shape index (κ1) is 13.4. The summed E-state index contributed by atoms with van der Waals surface area (Å²) in [6.07, 6.45) is 1.63. The smallest absolute Gasteiger partial charge is 0.174 e. The molecule has 5 heteroatoms. The monoisotopic (exact) mass is 264 g/mol. The third-order valence-electron chi connectivity index (χ3n) is 2.78. The van der Waals surface area contributed by atoms with Gasteiger partial charge in [-0.3, -0.25) is 9.48 Å². The van der Waals surface area contributed by atoms with Gasteiger partial charge in [0.2, 0.25) is 0 Å². The van der Waals surface area contributed by atoms with Gasteiger partial charge in [0.15, 0.2) is 5.78 Å². The molecule has 1 aromatic carbocycles. The maximum atomic E-state index is 13.5. The fraction of sp³-hybridized carbons (Fsp3) is 0.286. The summed E-state index contributed by atoms with van der Waals surface area (Å²) in [7, 11) is 0. The van der Waals surface area contributed by atoms with Crippen molar-refractivity contribution in [3.05, 3.63) is 53.4 Å². The minimum absolute atomic E-state index is 0.114. The Labute approximate surface area is 109 Å². The zero-order chi connectivity index (χ0) is 14.0. The Balaban J connectivity index is 2.21. The Hall–Kier alpha value is -2.04. The van der Waals surface area contributed by atoms with Crippen molar-refractivity contribution in [3.8, 4) is 0 Å². The van der Waals surface area contributed by atoms with Crippen LogP contribution < -0.4 is 0 Å². The van der Waals surface area contributed by atoms with E-state index in [9.17, 15) is 13.6 Å². The van der Waals surface area contributed by atoms with Crippen LogP contribution in [-0.4, -0.2) is 15.6 Å². The fourth-order valence-corrected chi connectivity index (χ4v) is 1.78. The summed E-state index contributed by atoms with van der Waals surface area (Å²) >= 11 is 0. The molecule has 0 aliphatic rings. The number of benzene rings is 1. The Kier molecular flexibility index (Phi) is 3.74. The second-order valence-electron chi connectivity index (χ2n) is 4.58. The van der Waals surface area contributed by atoms with Gasteiger partial charge in [0.05, 0.1) is 17.7 Å². The predicted molar refractivity (Wildman–Crippen MR) is 67.0 cm³/mol. The van der Waals surface area contributed by atoms with Crippen molar-refractivity contribution in [1.29, 1.82) is 0 Å². The summed E-state index contributed by atoms with van der Waals surface area (Å²) in [6, 6.07) is 5.23. The molecule has 0 saturated heterocycles. The third-order valence-corrected chi connectivity index (χ3v) is 2.78. The molecule has 0 saturated carbocycles. The normalized spacial score (nSPS) is 11.0. The number of hydrogen-bond donors (Lipinski definition) is 0. The molecule has 0 N–H and O–H groups in total. The van der Waals surface area contributed by atoms with Crippen LogP contribution in [0.1, 0.15) is 35.9 Å². The summed E-state index contributed by atoms with van der Waals surface area (Å²) in [5.74, 6) is -2.29. The highest BCUT2D eigenvalue weighted by Crippen LogP contribution is 2.15. The minimum Gasteiger partial charge on any atom is -0.294 e. The zero-order valence-electron chi connectivity index (χ0n) is 10.7. The van der Waals surface area contributed by atoms with Gasteiger partial charge in [-0.2, -0.15) is 5.10 Å². The molecule has 0 aliphatic heterocycles. The molecule has 19 heavy (non-hydrogen) atoms. The Bertz CT molecular complexity index is 585. The highest BCUT2D eigenvalue weighted by molar-refractivity contribution is 5.97. The van der Waals surface area contributed by atoms with Crippen LogP contribution in [0.5, 0.6) is 0 Å². The van der Waals surface area contributed by atoms with Crippen LogP contribution in [0, 0.1) is 11.6 Å². The standard InChI is InChI=1S/C14H14F2N2O/c1-9(2)18-7-6-10(17-18)8-13(19)14-11(15)4-3-5-12(14)16/h3-7,9H,8H2,1-2H3. The second-order valence-corrected chi connectivity index (χ2v) is 4.58. The molecule has 0 atom stereocenters. The maximum absolute atomic E-state index is 13.5. The lowest BCUT2D eigenvalue weighted by Crippen LogP contribution is -2.10. The summed E-state index contributed by atoms with van der Waals surface area (Å²) in [4.78, 5) is 11.9. The average Bonchev–Trinajstić information content (AvgIpc) is 2.77. The van der Waals surface area contributed by atoms with Gasteiger partial charge in [0.1, 0.15) is 11.6 Å². The lowest BCUT2D eigenvalue weighted by atomic mass is 10.1. The highest BCUT2D eigenvalue weighted by Gasteiger charge is 2.18. The predicted octanol–water partition coefficient (Wildman–Crippen LogP) is 3.17. The zero-order valence-corrected chi connectivity index (χ0v) is 10.7. The molecule has 1 aromatic heterocycles. The molecular weight excluding hydrogens is 250 g/mol. The number of nitrogens with zero attached hydrogens (tertiary/aromatic N) is 2. The number of hydrogen-bond acceptors (Lipinski definition) is 2. The van der Waals surface area contributed by atoms with Crippen molar-refractivity contribution >= 4 is 5.78 Å². The summed E-state index contributed by atoms with van der Waals surface area (Å²) in [6.45, 7) is 3.91. The molecule has 0 spiro atoms. The number of carbonyl (C=O) groups excluding carboxylic acids is 1. The van der Waals surface area contributed by atoms with Gasteiger partial charge in [-0.25, -0.2) is 8.78 Å². The topological polar surface area (TPSA) is 34.9 Å². The molecule has 3 nitrogen and oxygen atoms in total. The van der Waals surface area contributed by atoms with Crippen LogP contribution in [0.4, 0.5) is 8.78 Å². The molecule has 100 valence electrons. The molecule has 0 amide bonds. The third kappa shape index (κ3) is 2.86. The van der Waals surface area contributed by atoms with E-state index in [0.29, 0.717) is 5.69 Å². The van der Waals surface area contributed by atoms with E-state index in [1.165, 1.54) is 6.07 Å². The number of rotatable bonds is 4. The van der Waals surface area contributed by atoms with Crippen molar-refractivity contribution in [3.63, 3.8) is 0 Å². The van der Waals surface area contributed by atoms with Crippen LogP contribution in [0.3, 0.4) is 0 Å². The quantitative estimate of drug-likeness (QED) is 0.795. The molecular formula is C14H14F2N2O. The lowest BCUT2D eigenvalue weighted by molar-refractivity contribution is 0.0983. The van der Waals surface area contributed by atoms with Crippen molar-refractivity contribution in [2.45, 2.75) is 26.3 Å². The lowest BCUT2D eigenvalue weighted by Gasteiger charge is -2.04. The Morgan fingerprint density at radius 2 is 1.89 bits per heavy atom. The molecule has 0 unspecified atom stereocenters. The van der Waals surface area contributed by atoms with Gasteiger partial charge in [-0.05, 0) is 32.0 Å². The van der Waals surface area contributed by atoms with E-state index in [2.05, 4.69) is 5.10 Å². The Morgan fingerprint density at radius 3 is 2.42 bits per heavy atom. The van der Waals surface area contributed by atoms with Gasteiger partial charge in [0.25, 0.3) is 0 Å². The number of aromatic nitrogens is 2. The van der Waals surface area contributed by atoms with E-state index in [1.54, 1.807) is 16.9 Å². The molecule has 0 aliphatic carbocycles. The van der Waals surface area contributed by atoms with Gasteiger partial charge in [0, 0.05) is 12.2 Å². The first-order chi connectivity index (χ1) is 8.99. The highest BCUT2D eigenvalue weighted by atomic mass is 19.1. The summed E-state index contributed by atoms with van der Waals surface area (Å²) in [5.41, 5.74) is 0.00273. The average molecular weight is 264 g/mol. The van der Waals surface area contributed by atoms with Crippen molar-refractivity contribution in [2.24, 2.45) is 0 Å². The SMILES string of the molecule is CC(C)n1ccc(CC(=O)c2c(F)cccc2F)n1. The van der Waals surface area contributed by atoms with Crippen molar-refractivity contribution in [1.82, 2.24) is 9.78 Å². The van der Waals surface area contributed by atoms with Crippen molar-refractivity contribution in [2.75, 3.05) is 0 Å². The first-order valence-electron chi connectivity index (χ1n) is 6.00. The van der Waals surface area contributed by atoms with Gasteiger partial charge in [-0.15, -0.1) is 0 Å². The minimum atomic E-state index is -0.840. The van der Waals surface area contributed by atoms with E-state index in [1.807, 2.05) is 13.8 Å². The van der Waals surface area contributed by atoms with E-state index in [0.717, 1.165) is 12.1 Å². The number of ketones is 1. The van der Waals surface area contributed by atoms with E-state index < -0.39 is 23.0 Å². The van der Waals surface area contributed by atoms with E-state index in [4.69, 9.17) is 0 Å². The van der Waals surface area contributed by atoms with Crippen molar-refractivity contribution < 1.29 is 13.6 Å². The number of Topliss-reactive ketones (excluding diaryl/α,β-unsaturated/α-hetero) is 1. The molecule has 2 rings (SSSR count). The van der Waals surface area contributed by atoms with Crippen LogP contribution in [0.2, 0.25) is 0 Å².